The Morgan fingerprint density at radius 1 is 0.646 bits per heavy atom. The van der Waals surface area contributed by atoms with Gasteiger partial charge in [-0.15, -0.1) is 0 Å². The normalized spacial score (nSPS) is 54.0. The number of carbonyl (C=O) groups is 1. The Hall–Kier alpha value is -1.39. The van der Waals surface area contributed by atoms with E-state index in [1.165, 1.54) is 12.5 Å². The van der Waals surface area contributed by atoms with Crippen molar-refractivity contribution in [3.8, 4) is 0 Å². The topological polar surface area (TPSA) is 275 Å². The maximum absolute atomic E-state index is 13.1. The van der Waals surface area contributed by atoms with Crippen molar-refractivity contribution in [3.63, 3.8) is 0 Å². The predicted octanol–water partition coefficient (Wildman–Crippen LogP) is 1.73. The van der Waals surface area contributed by atoms with Crippen molar-refractivity contribution >= 4 is 5.97 Å². The number of carboxylic acid groups (broad SMARTS) is 1. The van der Waals surface area contributed by atoms with Gasteiger partial charge in [0.05, 0.1) is 30.8 Å². The molecule has 7 fully saturated rings. The number of aliphatic hydroxyl groups is 9. The van der Waals surface area contributed by atoms with Crippen molar-refractivity contribution in [3.05, 3.63) is 11.6 Å². The largest absolute Gasteiger partial charge is 0.481 e. The maximum Gasteiger partial charge on any atom is 0.310 e. The third-order valence-corrected chi connectivity index (χ3v) is 19.3. The first-order chi connectivity index (χ1) is 30.3. The third-order valence-electron chi connectivity index (χ3n) is 19.3. The quantitative estimate of drug-likeness (QED) is 0.117. The monoisotopic (exact) mass is 927 g/mol. The highest BCUT2D eigenvalue weighted by atomic mass is 16.8. The fourth-order valence-corrected chi connectivity index (χ4v) is 15.1. The number of carboxylic acids is 1. The van der Waals surface area contributed by atoms with Crippen LogP contribution in [0.1, 0.15) is 120 Å². The number of aliphatic carboxylic acids is 1. The molecule has 0 aromatic rings. The molecule has 0 spiro atoms. The molecule has 0 amide bonds. The van der Waals surface area contributed by atoms with Crippen molar-refractivity contribution in [2.75, 3.05) is 13.2 Å². The van der Waals surface area contributed by atoms with Crippen LogP contribution in [0.4, 0.5) is 0 Å². The van der Waals surface area contributed by atoms with E-state index in [4.69, 9.17) is 28.4 Å². The standard InChI is InChI=1S/C48H78O17/c1-22-30(51)31(52)34(55)39(60-22)64-37-26(21-50)62-41(36(57)33(37)54)65-38-25(20-49)61-40(35(56)32(38)53)63-29-12-13-45(6)27(44(29,4)5)11-14-47(8)28(45)10-9-23-24-19-43(2,3)15-17-48(24,42(58)59)18-16-46(23,47)7/h9,22,24-41,49-57H,10-21H2,1-8H3,(H,58,59). The first-order valence-electron chi connectivity index (χ1n) is 24.2. The smallest absolute Gasteiger partial charge is 0.310 e. The van der Waals surface area contributed by atoms with E-state index >= 15 is 0 Å². The van der Waals surface area contributed by atoms with E-state index in [-0.39, 0.29) is 33.5 Å². The van der Waals surface area contributed by atoms with Crippen LogP contribution >= 0.6 is 0 Å². The molecule has 23 unspecified atom stereocenters. The lowest BCUT2D eigenvalue weighted by atomic mass is 9.33. The molecule has 3 heterocycles. The Kier molecular flexibility index (Phi) is 13.4. The van der Waals surface area contributed by atoms with Crippen molar-refractivity contribution in [2.24, 2.45) is 50.2 Å². The second kappa shape index (κ2) is 17.5. The Bertz CT molecular complexity index is 1770. The van der Waals surface area contributed by atoms with Gasteiger partial charge in [0.15, 0.2) is 18.9 Å². The van der Waals surface area contributed by atoms with Crippen molar-refractivity contribution < 1.29 is 84.3 Å². The molecule has 23 atom stereocenters. The van der Waals surface area contributed by atoms with Gasteiger partial charge >= 0.3 is 5.97 Å². The summed E-state index contributed by atoms with van der Waals surface area (Å²) in [6.45, 7) is 16.3. The predicted molar refractivity (Wildman–Crippen MR) is 229 cm³/mol. The zero-order valence-corrected chi connectivity index (χ0v) is 39.4. The lowest BCUT2D eigenvalue weighted by molar-refractivity contribution is -0.382. The fraction of sp³-hybridized carbons (Fsp3) is 0.938. The van der Waals surface area contributed by atoms with E-state index in [0.29, 0.717) is 18.8 Å². The van der Waals surface area contributed by atoms with Crippen LogP contribution in [0.25, 0.3) is 0 Å². The van der Waals surface area contributed by atoms with Gasteiger partial charge in [0.2, 0.25) is 0 Å². The van der Waals surface area contributed by atoms with E-state index in [1.54, 1.807) is 0 Å². The molecule has 17 nitrogen and oxygen atoms in total. The Morgan fingerprint density at radius 3 is 1.75 bits per heavy atom. The molecule has 8 rings (SSSR count). The van der Waals surface area contributed by atoms with E-state index in [2.05, 4.69) is 54.5 Å². The summed E-state index contributed by atoms with van der Waals surface area (Å²) in [7, 11) is 0. The minimum absolute atomic E-state index is 0.0305. The average Bonchev–Trinajstić information content (AvgIpc) is 3.24. The summed E-state index contributed by atoms with van der Waals surface area (Å²) in [6.07, 6.45) is -12.7. The fourth-order valence-electron chi connectivity index (χ4n) is 15.1. The number of allylic oxidation sites excluding steroid dienone is 2. The zero-order valence-electron chi connectivity index (χ0n) is 39.4. The molecule has 3 saturated heterocycles. The van der Waals surface area contributed by atoms with Gasteiger partial charge < -0.3 is 79.5 Å². The van der Waals surface area contributed by atoms with Crippen LogP contribution < -0.4 is 0 Å². The van der Waals surface area contributed by atoms with E-state index in [1.807, 2.05) is 0 Å². The number of hydrogen-bond acceptors (Lipinski definition) is 16. The van der Waals surface area contributed by atoms with Crippen molar-refractivity contribution in [2.45, 2.75) is 218 Å². The van der Waals surface area contributed by atoms with Crippen LogP contribution in [0.5, 0.6) is 0 Å². The second-order valence-corrected chi connectivity index (χ2v) is 23.5. The minimum atomic E-state index is -1.88. The molecular formula is C48H78O17. The summed E-state index contributed by atoms with van der Waals surface area (Å²) >= 11 is 0. The van der Waals surface area contributed by atoms with Gasteiger partial charge in [-0.1, -0.05) is 60.1 Å². The van der Waals surface area contributed by atoms with Crippen LogP contribution in [-0.4, -0.2) is 168 Å². The van der Waals surface area contributed by atoms with Gasteiger partial charge in [-0.3, -0.25) is 4.79 Å². The lowest BCUT2D eigenvalue weighted by Gasteiger charge is -2.71. The first-order valence-corrected chi connectivity index (χ1v) is 24.2. The van der Waals surface area contributed by atoms with Gasteiger partial charge in [0, 0.05) is 0 Å². The Morgan fingerprint density at radius 2 is 1.18 bits per heavy atom. The summed E-state index contributed by atoms with van der Waals surface area (Å²) in [5.41, 5.74) is 0.128. The summed E-state index contributed by atoms with van der Waals surface area (Å²) in [4.78, 5) is 13.1. The highest BCUT2D eigenvalue weighted by molar-refractivity contribution is 5.76. The van der Waals surface area contributed by atoms with Gasteiger partial charge in [0.1, 0.15) is 67.1 Å². The van der Waals surface area contributed by atoms with Crippen LogP contribution in [0.3, 0.4) is 0 Å². The molecule has 0 bridgehead atoms. The zero-order chi connectivity index (χ0) is 47.6. The highest BCUT2D eigenvalue weighted by Crippen LogP contribution is 2.76. The molecule has 3 aliphatic heterocycles. The van der Waals surface area contributed by atoms with Crippen LogP contribution in [-0.2, 0) is 33.2 Å². The Labute approximate surface area is 382 Å². The van der Waals surface area contributed by atoms with Gasteiger partial charge in [-0.05, 0) is 116 Å². The van der Waals surface area contributed by atoms with Crippen molar-refractivity contribution in [1.29, 1.82) is 0 Å². The number of hydrogen-bond donors (Lipinski definition) is 10. The molecule has 17 heteroatoms. The SMILES string of the molecule is CC1OC(OC2C(CO)OC(OC3C(CO)OC(OC4CCC5(C)C(CCC6(C)C5CC=C5C7CC(C)(C)CCC7(C(=O)O)CCC56C)C4(C)C)C(O)C3O)C(O)C2O)C(O)C(O)C1O. The molecule has 10 N–H and O–H groups in total. The molecule has 8 aliphatic rings. The Balaban J connectivity index is 0.944. The van der Waals surface area contributed by atoms with Crippen LogP contribution in [0, 0.1) is 50.2 Å². The first kappa shape index (κ1) is 50.0. The maximum atomic E-state index is 13.1. The molecule has 0 aromatic carbocycles. The van der Waals surface area contributed by atoms with Gasteiger partial charge in [0.25, 0.3) is 0 Å². The summed E-state index contributed by atoms with van der Waals surface area (Å²) in [5, 5.41) is 108. The van der Waals surface area contributed by atoms with Gasteiger partial charge in [-0.2, -0.15) is 0 Å². The average molecular weight is 927 g/mol. The summed E-state index contributed by atoms with van der Waals surface area (Å²) in [6, 6.07) is 0. The minimum Gasteiger partial charge on any atom is -0.481 e. The number of fused-ring (bicyclic) bond motifs is 7. The lowest BCUT2D eigenvalue weighted by Crippen LogP contribution is -2.67. The van der Waals surface area contributed by atoms with Gasteiger partial charge in [-0.25, -0.2) is 0 Å². The molecule has 65 heavy (non-hydrogen) atoms. The van der Waals surface area contributed by atoms with Crippen LogP contribution in [0.15, 0.2) is 11.6 Å². The molecule has 0 radical (unpaired) electrons. The molecule has 372 valence electrons. The van der Waals surface area contributed by atoms with E-state index in [9.17, 15) is 55.9 Å². The summed E-state index contributed by atoms with van der Waals surface area (Å²) in [5.74, 6) is -0.0252. The number of aliphatic hydroxyl groups excluding tert-OH is 9. The molecule has 5 aliphatic carbocycles. The number of ether oxygens (including phenoxy) is 6. The summed E-state index contributed by atoms with van der Waals surface area (Å²) < 4.78 is 35.7. The number of rotatable bonds is 9. The van der Waals surface area contributed by atoms with E-state index < -0.39 is 128 Å². The molecule has 4 saturated carbocycles. The molecule has 0 aromatic heterocycles. The van der Waals surface area contributed by atoms with E-state index in [0.717, 1.165) is 51.4 Å². The molecular weight excluding hydrogens is 849 g/mol. The highest BCUT2D eigenvalue weighted by Gasteiger charge is 2.70. The second-order valence-electron chi connectivity index (χ2n) is 23.5. The van der Waals surface area contributed by atoms with Crippen LogP contribution in [0.2, 0.25) is 0 Å². The van der Waals surface area contributed by atoms with Crippen molar-refractivity contribution in [1.82, 2.24) is 0 Å². The third kappa shape index (κ3) is 7.81.